The largest absolute Gasteiger partial charge is 0.339 e. The number of hydrogen-bond acceptors (Lipinski definition) is 4. The summed E-state index contributed by atoms with van der Waals surface area (Å²) in [6, 6.07) is 16.5. The normalized spacial score (nSPS) is 19.5. The lowest BCUT2D eigenvalue weighted by atomic mass is 9.96. The highest BCUT2D eigenvalue weighted by atomic mass is 79.9. The standard InChI is InChI=1S/C26H30BrN5O2/c1-19(33)30-13-15-31(16-14-30)26(34)20-5-4-12-29(17-20)18-25-28-23-6-2-3-7-24(23)32(25)22-10-8-21(27)9-11-22/h2-3,6-11,20H,4-5,12-18H2,1H3/t20-/m1/s1. The van der Waals surface area contributed by atoms with Gasteiger partial charge in [0.05, 0.1) is 23.5 Å². The molecule has 3 heterocycles. The Morgan fingerprint density at radius 1 is 0.971 bits per heavy atom. The summed E-state index contributed by atoms with van der Waals surface area (Å²) >= 11 is 3.53. The molecule has 0 spiro atoms. The van der Waals surface area contributed by atoms with Gasteiger partial charge in [0.25, 0.3) is 0 Å². The molecular formula is C26H30BrN5O2. The average molecular weight is 524 g/mol. The average Bonchev–Trinajstić information content (AvgIpc) is 3.22. The highest BCUT2D eigenvalue weighted by Gasteiger charge is 2.32. The molecule has 178 valence electrons. The van der Waals surface area contributed by atoms with Crippen molar-refractivity contribution in [2.24, 2.45) is 5.92 Å². The van der Waals surface area contributed by atoms with Crippen LogP contribution in [0.25, 0.3) is 16.7 Å². The summed E-state index contributed by atoms with van der Waals surface area (Å²) in [5.74, 6) is 1.31. The lowest BCUT2D eigenvalue weighted by Crippen LogP contribution is -2.53. The fourth-order valence-corrected chi connectivity index (χ4v) is 5.43. The van der Waals surface area contributed by atoms with Crippen molar-refractivity contribution in [1.29, 1.82) is 0 Å². The van der Waals surface area contributed by atoms with Gasteiger partial charge in [-0.15, -0.1) is 0 Å². The van der Waals surface area contributed by atoms with Crippen LogP contribution in [0.3, 0.4) is 0 Å². The number of benzene rings is 2. The van der Waals surface area contributed by atoms with Crippen molar-refractivity contribution in [2.75, 3.05) is 39.3 Å². The summed E-state index contributed by atoms with van der Waals surface area (Å²) in [5, 5.41) is 0. The molecular weight excluding hydrogens is 494 g/mol. The molecule has 0 aliphatic carbocycles. The van der Waals surface area contributed by atoms with E-state index >= 15 is 0 Å². The lowest BCUT2D eigenvalue weighted by molar-refractivity contribution is -0.142. The highest BCUT2D eigenvalue weighted by Crippen LogP contribution is 2.26. The Kier molecular flexibility index (Phi) is 6.70. The van der Waals surface area contributed by atoms with Crippen molar-refractivity contribution in [3.05, 3.63) is 58.8 Å². The van der Waals surface area contributed by atoms with Crippen LogP contribution in [-0.4, -0.2) is 75.3 Å². The van der Waals surface area contributed by atoms with Crippen LogP contribution < -0.4 is 0 Å². The quantitative estimate of drug-likeness (QED) is 0.523. The van der Waals surface area contributed by atoms with Gasteiger partial charge < -0.3 is 9.80 Å². The van der Waals surface area contributed by atoms with Gasteiger partial charge in [0.2, 0.25) is 11.8 Å². The third-order valence-electron chi connectivity index (χ3n) is 6.97. The Morgan fingerprint density at radius 2 is 1.68 bits per heavy atom. The van der Waals surface area contributed by atoms with Crippen molar-refractivity contribution in [2.45, 2.75) is 26.3 Å². The number of para-hydroxylation sites is 2. The second-order valence-electron chi connectivity index (χ2n) is 9.23. The van der Waals surface area contributed by atoms with Gasteiger partial charge >= 0.3 is 0 Å². The molecule has 0 saturated carbocycles. The van der Waals surface area contributed by atoms with E-state index in [9.17, 15) is 9.59 Å². The smallest absolute Gasteiger partial charge is 0.227 e. The van der Waals surface area contributed by atoms with Gasteiger partial charge in [-0.2, -0.15) is 0 Å². The van der Waals surface area contributed by atoms with Gasteiger partial charge in [0.15, 0.2) is 0 Å². The Labute approximate surface area is 208 Å². The first-order valence-electron chi connectivity index (χ1n) is 12.0. The van der Waals surface area contributed by atoms with Crippen molar-refractivity contribution >= 4 is 38.8 Å². The predicted octanol–water partition coefficient (Wildman–Crippen LogP) is 3.69. The third-order valence-corrected chi connectivity index (χ3v) is 7.50. The maximum absolute atomic E-state index is 13.3. The van der Waals surface area contributed by atoms with Crippen molar-refractivity contribution in [3.8, 4) is 5.69 Å². The number of piperidine rings is 1. The van der Waals surface area contributed by atoms with E-state index in [-0.39, 0.29) is 17.7 Å². The van der Waals surface area contributed by atoms with Crippen molar-refractivity contribution in [1.82, 2.24) is 24.3 Å². The van der Waals surface area contributed by atoms with Crippen LogP contribution in [0.2, 0.25) is 0 Å². The van der Waals surface area contributed by atoms with Crippen LogP contribution in [-0.2, 0) is 16.1 Å². The predicted molar refractivity (Wildman–Crippen MR) is 136 cm³/mol. The Morgan fingerprint density at radius 3 is 2.41 bits per heavy atom. The minimum Gasteiger partial charge on any atom is -0.339 e. The zero-order chi connectivity index (χ0) is 23.7. The van der Waals surface area contributed by atoms with Gasteiger partial charge in [-0.1, -0.05) is 28.1 Å². The summed E-state index contributed by atoms with van der Waals surface area (Å²) in [6.07, 6.45) is 1.92. The second kappa shape index (κ2) is 9.88. The Bertz CT molecular complexity index is 1180. The molecule has 34 heavy (non-hydrogen) atoms. The minimum atomic E-state index is 0.00290. The van der Waals surface area contributed by atoms with Crippen molar-refractivity contribution in [3.63, 3.8) is 0 Å². The second-order valence-corrected chi connectivity index (χ2v) is 10.1. The Hall–Kier alpha value is -2.71. The maximum Gasteiger partial charge on any atom is 0.227 e. The highest BCUT2D eigenvalue weighted by molar-refractivity contribution is 9.10. The number of piperazine rings is 1. The fraction of sp³-hybridized carbons (Fsp3) is 0.423. The number of halogens is 1. The number of carbonyl (C=O) groups is 2. The number of hydrogen-bond donors (Lipinski definition) is 0. The summed E-state index contributed by atoms with van der Waals surface area (Å²) in [4.78, 5) is 36.0. The SMILES string of the molecule is CC(=O)N1CCN(C(=O)[C@@H]2CCCN(Cc3nc4ccccc4n3-c3ccc(Br)cc3)C2)CC1. The summed E-state index contributed by atoms with van der Waals surface area (Å²) < 4.78 is 3.28. The number of carbonyl (C=O) groups excluding carboxylic acids is 2. The van der Waals surface area contributed by atoms with E-state index in [0.717, 1.165) is 52.9 Å². The maximum atomic E-state index is 13.3. The van der Waals surface area contributed by atoms with Gasteiger partial charge in [-0.25, -0.2) is 4.98 Å². The molecule has 1 atom stereocenters. The van der Waals surface area contributed by atoms with E-state index in [4.69, 9.17) is 4.98 Å². The molecule has 0 radical (unpaired) electrons. The number of likely N-dealkylation sites (tertiary alicyclic amines) is 1. The van der Waals surface area contributed by atoms with E-state index < -0.39 is 0 Å². The molecule has 2 aromatic carbocycles. The molecule has 5 rings (SSSR count). The van der Waals surface area contributed by atoms with Crippen LogP contribution in [0.5, 0.6) is 0 Å². The molecule has 2 fully saturated rings. The van der Waals surface area contributed by atoms with Crippen LogP contribution >= 0.6 is 15.9 Å². The molecule has 2 saturated heterocycles. The van der Waals surface area contributed by atoms with Gasteiger partial charge in [-0.05, 0) is 55.8 Å². The molecule has 7 nitrogen and oxygen atoms in total. The minimum absolute atomic E-state index is 0.00290. The first-order chi connectivity index (χ1) is 16.5. The molecule has 8 heteroatoms. The first kappa shape index (κ1) is 23.1. The molecule has 3 aromatic rings. The summed E-state index contributed by atoms with van der Waals surface area (Å²) in [5.41, 5.74) is 3.15. The van der Waals surface area contributed by atoms with Gasteiger partial charge in [0, 0.05) is 49.8 Å². The number of amides is 2. The lowest BCUT2D eigenvalue weighted by Gasteiger charge is -2.38. The monoisotopic (exact) mass is 523 g/mol. The van der Waals surface area contributed by atoms with Crippen LogP contribution in [0.1, 0.15) is 25.6 Å². The van der Waals surface area contributed by atoms with Crippen LogP contribution in [0.4, 0.5) is 0 Å². The summed E-state index contributed by atoms with van der Waals surface area (Å²) in [6.45, 7) is 6.54. The first-order valence-corrected chi connectivity index (χ1v) is 12.8. The molecule has 1 aromatic heterocycles. The number of aromatic nitrogens is 2. The van der Waals surface area contributed by atoms with Crippen LogP contribution in [0.15, 0.2) is 53.0 Å². The zero-order valence-electron chi connectivity index (χ0n) is 19.5. The summed E-state index contributed by atoms with van der Waals surface area (Å²) in [7, 11) is 0. The molecule has 2 aliphatic heterocycles. The van der Waals surface area contributed by atoms with Crippen molar-refractivity contribution < 1.29 is 9.59 Å². The van der Waals surface area contributed by atoms with Gasteiger partial charge in [0.1, 0.15) is 5.82 Å². The molecule has 0 bridgehead atoms. The van der Waals surface area contributed by atoms with E-state index in [0.29, 0.717) is 32.7 Å². The molecule has 2 aliphatic rings. The molecule has 0 N–H and O–H groups in total. The van der Waals surface area contributed by atoms with Gasteiger partial charge in [-0.3, -0.25) is 19.1 Å². The van der Waals surface area contributed by atoms with Crippen LogP contribution in [0, 0.1) is 5.92 Å². The topological polar surface area (TPSA) is 61.7 Å². The third kappa shape index (κ3) is 4.74. The number of nitrogens with zero attached hydrogens (tertiary/aromatic N) is 5. The zero-order valence-corrected chi connectivity index (χ0v) is 21.1. The van der Waals surface area contributed by atoms with E-state index in [1.807, 2.05) is 21.9 Å². The number of rotatable bonds is 4. The number of imidazole rings is 1. The molecule has 0 unspecified atom stereocenters. The van der Waals surface area contributed by atoms with E-state index in [1.165, 1.54) is 0 Å². The van der Waals surface area contributed by atoms with E-state index in [2.05, 4.69) is 61.8 Å². The Balaban J connectivity index is 1.32. The number of fused-ring (bicyclic) bond motifs is 1. The molecule has 2 amide bonds. The fourth-order valence-electron chi connectivity index (χ4n) is 5.16. The van der Waals surface area contributed by atoms with E-state index in [1.54, 1.807) is 6.92 Å².